The van der Waals surface area contributed by atoms with Gasteiger partial charge in [-0.3, -0.25) is 0 Å². The first-order chi connectivity index (χ1) is 11.1. The van der Waals surface area contributed by atoms with Gasteiger partial charge in [0.15, 0.2) is 0 Å². The van der Waals surface area contributed by atoms with Crippen molar-refractivity contribution in [2.75, 3.05) is 13.1 Å². The lowest BCUT2D eigenvalue weighted by Gasteiger charge is -2.23. The maximum Gasteiger partial charge on any atom is 0.0802 e. The average molecular weight is 307 g/mol. The molecule has 0 bridgehead atoms. The van der Waals surface area contributed by atoms with E-state index in [-0.39, 0.29) is 11.5 Å². The molecule has 1 spiro atoms. The highest BCUT2D eigenvalue weighted by Crippen LogP contribution is 2.49. The van der Waals surface area contributed by atoms with Crippen LogP contribution in [-0.4, -0.2) is 18.2 Å². The molecule has 2 heteroatoms. The highest BCUT2D eigenvalue weighted by Gasteiger charge is 2.45. The fraction of sp³-hybridized carbons (Fsp3) is 0.429. The molecule has 4 rings (SSSR count). The molecule has 0 radical (unpaired) electrons. The molecule has 0 saturated carbocycles. The van der Waals surface area contributed by atoms with Gasteiger partial charge in [-0.15, -0.1) is 0 Å². The molecule has 2 atom stereocenters. The first-order valence-electron chi connectivity index (χ1n) is 8.73. The molecule has 1 aliphatic heterocycles. The Hall–Kier alpha value is -1.64. The third-order valence-corrected chi connectivity index (χ3v) is 5.70. The lowest BCUT2D eigenvalue weighted by molar-refractivity contribution is 0.158. The highest BCUT2D eigenvalue weighted by atomic mass is 16.3. The van der Waals surface area contributed by atoms with Gasteiger partial charge in [-0.2, -0.15) is 0 Å². The zero-order chi connectivity index (χ0) is 16.0. The van der Waals surface area contributed by atoms with Crippen molar-refractivity contribution in [3.63, 3.8) is 0 Å². The molecular weight excluding hydrogens is 282 g/mol. The third kappa shape index (κ3) is 2.32. The van der Waals surface area contributed by atoms with E-state index in [0.29, 0.717) is 5.92 Å². The lowest BCUT2D eigenvalue weighted by atomic mass is 9.80. The van der Waals surface area contributed by atoms with Gasteiger partial charge in [0, 0.05) is 12.0 Å². The first kappa shape index (κ1) is 14.9. The third-order valence-electron chi connectivity index (χ3n) is 5.70. The summed E-state index contributed by atoms with van der Waals surface area (Å²) in [4.78, 5) is 0. The van der Waals surface area contributed by atoms with Crippen molar-refractivity contribution >= 4 is 0 Å². The number of aliphatic hydroxyl groups is 1. The summed E-state index contributed by atoms with van der Waals surface area (Å²) in [5.41, 5.74) is 6.56. The van der Waals surface area contributed by atoms with Crippen LogP contribution in [0.2, 0.25) is 0 Å². The van der Waals surface area contributed by atoms with Gasteiger partial charge in [-0.1, -0.05) is 50.2 Å². The summed E-state index contributed by atoms with van der Waals surface area (Å²) in [7, 11) is 0. The zero-order valence-electron chi connectivity index (χ0n) is 14.0. The van der Waals surface area contributed by atoms with E-state index in [1.165, 1.54) is 22.3 Å². The maximum atomic E-state index is 10.6. The lowest BCUT2D eigenvalue weighted by Crippen LogP contribution is -2.26. The Morgan fingerprint density at radius 2 is 2.00 bits per heavy atom. The molecule has 2 nitrogen and oxygen atoms in total. The molecule has 1 fully saturated rings. The van der Waals surface area contributed by atoms with Crippen LogP contribution < -0.4 is 5.32 Å². The van der Waals surface area contributed by atoms with Gasteiger partial charge in [-0.25, -0.2) is 0 Å². The van der Waals surface area contributed by atoms with E-state index in [4.69, 9.17) is 0 Å². The minimum absolute atomic E-state index is 0.158. The van der Waals surface area contributed by atoms with Crippen molar-refractivity contribution in [1.82, 2.24) is 5.32 Å². The predicted molar refractivity (Wildman–Crippen MR) is 94.7 cm³/mol. The Morgan fingerprint density at radius 1 is 1.17 bits per heavy atom. The Labute approximate surface area is 138 Å². The van der Waals surface area contributed by atoms with Crippen LogP contribution in [0, 0.1) is 0 Å². The summed E-state index contributed by atoms with van der Waals surface area (Å²) in [5, 5.41) is 14.1. The van der Waals surface area contributed by atoms with E-state index >= 15 is 0 Å². The monoisotopic (exact) mass is 307 g/mol. The number of rotatable bonds is 2. The summed E-state index contributed by atoms with van der Waals surface area (Å²) in [6.45, 7) is 6.53. The minimum Gasteiger partial charge on any atom is -0.388 e. The molecule has 1 aliphatic carbocycles. The highest BCUT2D eigenvalue weighted by molar-refractivity contribution is 5.70. The fourth-order valence-electron chi connectivity index (χ4n) is 4.49. The smallest absolute Gasteiger partial charge is 0.0802 e. The molecule has 2 unspecified atom stereocenters. The molecule has 1 saturated heterocycles. The Kier molecular flexibility index (Phi) is 3.55. The molecule has 2 aliphatic rings. The second kappa shape index (κ2) is 5.47. The van der Waals surface area contributed by atoms with E-state index in [2.05, 4.69) is 61.6 Å². The second-order valence-electron chi connectivity index (χ2n) is 7.47. The van der Waals surface area contributed by atoms with Gasteiger partial charge in [0.25, 0.3) is 0 Å². The number of aliphatic hydroxyl groups excluding tert-OH is 1. The number of nitrogens with one attached hydrogen (secondary N) is 1. The number of fused-ring (bicyclic) bond motifs is 2. The number of hydrogen-bond donors (Lipinski definition) is 2. The van der Waals surface area contributed by atoms with Crippen LogP contribution in [0.15, 0.2) is 42.5 Å². The zero-order valence-corrected chi connectivity index (χ0v) is 14.0. The minimum atomic E-state index is -0.323. The van der Waals surface area contributed by atoms with Gasteiger partial charge >= 0.3 is 0 Å². The van der Waals surface area contributed by atoms with Crippen LogP contribution >= 0.6 is 0 Å². The normalized spacial score (nSPS) is 26.2. The van der Waals surface area contributed by atoms with Crippen LogP contribution in [0.1, 0.15) is 55.4 Å². The fourth-order valence-corrected chi connectivity index (χ4v) is 4.49. The first-order valence-corrected chi connectivity index (χ1v) is 8.73. The summed E-state index contributed by atoms with van der Waals surface area (Å²) in [6, 6.07) is 15.4. The molecule has 2 aromatic rings. The van der Waals surface area contributed by atoms with E-state index in [0.717, 1.165) is 31.5 Å². The molecule has 120 valence electrons. The molecule has 23 heavy (non-hydrogen) atoms. The Bertz CT molecular complexity index is 728. The van der Waals surface area contributed by atoms with Crippen molar-refractivity contribution in [3.8, 4) is 11.1 Å². The van der Waals surface area contributed by atoms with Crippen molar-refractivity contribution in [3.05, 3.63) is 59.2 Å². The molecule has 0 aromatic heterocycles. The van der Waals surface area contributed by atoms with E-state index in [1.54, 1.807) is 0 Å². The quantitative estimate of drug-likeness (QED) is 0.874. The average Bonchev–Trinajstić information content (AvgIpc) is 3.13. The molecule has 2 N–H and O–H groups in total. The molecule has 0 amide bonds. The number of benzene rings is 2. The van der Waals surface area contributed by atoms with E-state index < -0.39 is 0 Å². The van der Waals surface area contributed by atoms with Crippen LogP contribution in [0.4, 0.5) is 0 Å². The summed E-state index contributed by atoms with van der Waals surface area (Å²) < 4.78 is 0. The van der Waals surface area contributed by atoms with Gasteiger partial charge < -0.3 is 10.4 Å². The van der Waals surface area contributed by atoms with Gasteiger partial charge in [0.1, 0.15) is 0 Å². The van der Waals surface area contributed by atoms with Crippen LogP contribution in [-0.2, 0) is 5.41 Å². The van der Waals surface area contributed by atoms with E-state index in [9.17, 15) is 5.11 Å². The second-order valence-corrected chi connectivity index (χ2v) is 7.47. The topological polar surface area (TPSA) is 32.3 Å². The largest absolute Gasteiger partial charge is 0.388 e. The standard InChI is InChI=1S/C21H25NO/c1-14(2)16-5-3-4-6-17(16)15-7-8-19-18(11-15)20(23)12-21(19)9-10-22-13-21/h3-8,11,14,20,22-23H,9-10,12-13H2,1-2H3. The van der Waals surface area contributed by atoms with Crippen molar-refractivity contribution in [2.24, 2.45) is 0 Å². The van der Waals surface area contributed by atoms with Gasteiger partial charge in [0.2, 0.25) is 0 Å². The number of hydrogen-bond acceptors (Lipinski definition) is 2. The Balaban J connectivity index is 1.81. The van der Waals surface area contributed by atoms with Crippen LogP contribution in [0.25, 0.3) is 11.1 Å². The van der Waals surface area contributed by atoms with Crippen molar-refractivity contribution in [1.29, 1.82) is 0 Å². The van der Waals surface area contributed by atoms with Crippen molar-refractivity contribution < 1.29 is 5.11 Å². The maximum absolute atomic E-state index is 10.6. The van der Waals surface area contributed by atoms with Gasteiger partial charge in [-0.05, 0) is 59.2 Å². The van der Waals surface area contributed by atoms with E-state index in [1.807, 2.05) is 0 Å². The van der Waals surface area contributed by atoms with Gasteiger partial charge in [0.05, 0.1) is 6.10 Å². The Morgan fingerprint density at radius 3 is 2.74 bits per heavy atom. The summed E-state index contributed by atoms with van der Waals surface area (Å²) in [5.74, 6) is 0.495. The van der Waals surface area contributed by atoms with Crippen LogP contribution in [0.3, 0.4) is 0 Å². The molecule has 2 aromatic carbocycles. The predicted octanol–water partition coefficient (Wildman–Crippen LogP) is 4.15. The van der Waals surface area contributed by atoms with Crippen LogP contribution in [0.5, 0.6) is 0 Å². The SMILES string of the molecule is CC(C)c1ccccc1-c1ccc2c(c1)C(O)CC21CCNC1. The molecule has 1 heterocycles. The molecular formula is C21H25NO. The van der Waals surface area contributed by atoms with Crippen molar-refractivity contribution in [2.45, 2.75) is 44.1 Å². The summed E-state index contributed by atoms with van der Waals surface area (Å²) in [6.07, 6.45) is 1.68. The summed E-state index contributed by atoms with van der Waals surface area (Å²) >= 11 is 0.